The molecule has 20 heavy (non-hydrogen) atoms. The molecule has 0 spiro atoms. The molecule has 0 bridgehead atoms. The van der Waals surface area contributed by atoms with Crippen LogP contribution in [0, 0.1) is 6.92 Å². The van der Waals surface area contributed by atoms with Gasteiger partial charge in [0.2, 0.25) is 0 Å². The van der Waals surface area contributed by atoms with E-state index in [4.69, 9.17) is 0 Å². The van der Waals surface area contributed by atoms with Gasteiger partial charge in [0.1, 0.15) is 0 Å². The zero-order valence-corrected chi connectivity index (χ0v) is 13.7. The molecule has 0 unspecified atom stereocenters. The Morgan fingerprint density at radius 2 is 1.95 bits per heavy atom. The van der Waals surface area contributed by atoms with Gasteiger partial charge in [0.05, 0.1) is 0 Å². The van der Waals surface area contributed by atoms with Gasteiger partial charge in [0.15, 0.2) is 0 Å². The quantitative estimate of drug-likeness (QED) is 0.865. The van der Waals surface area contributed by atoms with Crippen LogP contribution < -0.4 is 5.32 Å². The number of benzene rings is 1. The van der Waals surface area contributed by atoms with Crippen LogP contribution in [0.25, 0.3) is 10.9 Å². The van der Waals surface area contributed by atoms with Crippen molar-refractivity contribution in [2.75, 3.05) is 6.54 Å². The van der Waals surface area contributed by atoms with Gasteiger partial charge in [-0.3, -0.25) is 0 Å². The first kappa shape index (κ1) is 15.1. The molecule has 0 amide bonds. The monoisotopic (exact) mass is 272 g/mol. The second kappa shape index (κ2) is 5.61. The van der Waals surface area contributed by atoms with Crippen molar-refractivity contribution in [1.29, 1.82) is 0 Å². The van der Waals surface area contributed by atoms with Gasteiger partial charge in [0, 0.05) is 30.2 Å². The van der Waals surface area contributed by atoms with Crippen molar-refractivity contribution in [3.05, 3.63) is 35.5 Å². The lowest BCUT2D eigenvalue weighted by molar-refractivity contribution is 0.443. The molecule has 1 N–H and O–H groups in total. The van der Waals surface area contributed by atoms with E-state index in [2.05, 4.69) is 75.9 Å². The summed E-state index contributed by atoms with van der Waals surface area (Å²) >= 11 is 0. The molecule has 1 aromatic heterocycles. The average Bonchev–Trinajstić information content (AvgIpc) is 2.66. The number of nitrogens with zero attached hydrogens (tertiary/aromatic N) is 1. The van der Waals surface area contributed by atoms with Crippen LogP contribution in [-0.4, -0.2) is 17.2 Å². The van der Waals surface area contributed by atoms with Gasteiger partial charge in [-0.2, -0.15) is 0 Å². The van der Waals surface area contributed by atoms with E-state index in [0.717, 1.165) is 13.0 Å². The Hall–Kier alpha value is -1.28. The van der Waals surface area contributed by atoms with E-state index in [1.807, 2.05) is 0 Å². The lowest BCUT2D eigenvalue weighted by Gasteiger charge is -2.25. The maximum absolute atomic E-state index is 3.53. The molecule has 1 heterocycles. The Morgan fingerprint density at radius 3 is 2.60 bits per heavy atom. The Morgan fingerprint density at radius 1 is 1.25 bits per heavy atom. The largest absolute Gasteiger partial charge is 0.350 e. The molecule has 0 aliphatic heterocycles. The van der Waals surface area contributed by atoms with Gasteiger partial charge < -0.3 is 9.88 Å². The fourth-order valence-corrected chi connectivity index (χ4v) is 2.84. The first-order valence-electron chi connectivity index (χ1n) is 7.61. The third-order valence-corrected chi connectivity index (χ3v) is 4.18. The van der Waals surface area contributed by atoms with Crippen LogP contribution in [0.1, 0.15) is 45.2 Å². The lowest BCUT2D eigenvalue weighted by atomic mass is 9.81. The van der Waals surface area contributed by atoms with Crippen LogP contribution >= 0.6 is 0 Å². The van der Waals surface area contributed by atoms with Gasteiger partial charge >= 0.3 is 0 Å². The molecular weight excluding hydrogens is 244 g/mol. The molecule has 0 radical (unpaired) electrons. The molecule has 1 aromatic carbocycles. The van der Waals surface area contributed by atoms with E-state index in [1.165, 1.54) is 22.0 Å². The molecule has 2 heteroatoms. The highest BCUT2D eigenvalue weighted by molar-refractivity contribution is 5.85. The van der Waals surface area contributed by atoms with E-state index < -0.39 is 0 Å². The standard InChI is InChI=1S/C18H28N2/c1-13(2)19-10-9-18(4,5)16-12-20(6)17-11-14(3)7-8-15(16)17/h7-8,11-13,19H,9-10H2,1-6H3. The van der Waals surface area contributed by atoms with Gasteiger partial charge in [-0.05, 0) is 42.5 Å². The summed E-state index contributed by atoms with van der Waals surface area (Å²) in [5.41, 5.74) is 4.31. The SMILES string of the molecule is Cc1ccc2c(C(C)(C)CCNC(C)C)cn(C)c2c1. The summed E-state index contributed by atoms with van der Waals surface area (Å²) in [6.45, 7) is 12.3. The van der Waals surface area contributed by atoms with Gasteiger partial charge in [0.25, 0.3) is 0 Å². The minimum absolute atomic E-state index is 0.191. The van der Waals surface area contributed by atoms with Crippen LogP contribution in [0.15, 0.2) is 24.4 Å². The molecule has 0 fully saturated rings. The number of rotatable bonds is 5. The second-order valence-corrected chi connectivity index (χ2v) is 6.92. The van der Waals surface area contributed by atoms with Crippen LogP contribution in [0.2, 0.25) is 0 Å². The normalized spacial score (nSPS) is 12.6. The summed E-state index contributed by atoms with van der Waals surface area (Å²) in [6.07, 6.45) is 3.46. The molecule has 0 aliphatic rings. The molecule has 0 aliphatic carbocycles. The zero-order chi connectivity index (χ0) is 14.9. The van der Waals surface area contributed by atoms with Crippen molar-refractivity contribution < 1.29 is 0 Å². The third-order valence-electron chi connectivity index (χ3n) is 4.18. The number of aryl methyl sites for hydroxylation is 2. The second-order valence-electron chi connectivity index (χ2n) is 6.92. The molecule has 2 rings (SSSR count). The fourth-order valence-electron chi connectivity index (χ4n) is 2.84. The molecule has 0 saturated heterocycles. The van der Waals surface area contributed by atoms with Crippen LogP contribution in [-0.2, 0) is 12.5 Å². The van der Waals surface area contributed by atoms with Crippen molar-refractivity contribution >= 4 is 10.9 Å². The Kier molecular flexibility index (Phi) is 4.24. The van der Waals surface area contributed by atoms with Crippen molar-refractivity contribution in [1.82, 2.24) is 9.88 Å². The van der Waals surface area contributed by atoms with Crippen LogP contribution in [0.4, 0.5) is 0 Å². The summed E-state index contributed by atoms with van der Waals surface area (Å²) in [6, 6.07) is 7.33. The van der Waals surface area contributed by atoms with Crippen molar-refractivity contribution in [2.24, 2.45) is 7.05 Å². The van der Waals surface area contributed by atoms with Crippen LogP contribution in [0.3, 0.4) is 0 Å². The minimum Gasteiger partial charge on any atom is -0.350 e. The van der Waals surface area contributed by atoms with Crippen molar-refractivity contribution in [3.63, 3.8) is 0 Å². The molecule has 2 nitrogen and oxygen atoms in total. The predicted molar refractivity (Wildman–Crippen MR) is 88.4 cm³/mol. The summed E-state index contributed by atoms with van der Waals surface area (Å²) in [7, 11) is 2.15. The van der Waals surface area contributed by atoms with E-state index in [9.17, 15) is 0 Å². The van der Waals surface area contributed by atoms with Crippen LogP contribution in [0.5, 0.6) is 0 Å². The maximum Gasteiger partial charge on any atom is 0.0483 e. The molecule has 0 saturated carbocycles. The highest BCUT2D eigenvalue weighted by Crippen LogP contribution is 2.34. The van der Waals surface area contributed by atoms with E-state index >= 15 is 0 Å². The Labute approximate surface area is 123 Å². The summed E-state index contributed by atoms with van der Waals surface area (Å²) in [5, 5.41) is 4.92. The Balaban J connectivity index is 2.31. The first-order chi connectivity index (χ1) is 9.31. The Bertz CT molecular complexity index is 591. The summed E-state index contributed by atoms with van der Waals surface area (Å²) in [4.78, 5) is 0. The number of hydrogen-bond acceptors (Lipinski definition) is 1. The lowest BCUT2D eigenvalue weighted by Crippen LogP contribution is -2.29. The summed E-state index contributed by atoms with van der Waals surface area (Å²) in [5.74, 6) is 0. The van der Waals surface area contributed by atoms with Crippen molar-refractivity contribution in [3.8, 4) is 0 Å². The van der Waals surface area contributed by atoms with Crippen molar-refractivity contribution in [2.45, 2.75) is 52.5 Å². The highest BCUT2D eigenvalue weighted by Gasteiger charge is 2.24. The summed E-state index contributed by atoms with van der Waals surface area (Å²) < 4.78 is 2.26. The smallest absolute Gasteiger partial charge is 0.0483 e. The molecule has 110 valence electrons. The van der Waals surface area contributed by atoms with E-state index in [-0.39, 0.29) is 5.41 Å². The van der Waals surface area contributed by atoms with Gasteiger partial charge in [-0.15, -0.1) is 0 Å². The van der Waals surface area contributed by atoms with Gasteiger partial charge in [-0.1, -0.05) is 39.8 Å². The molecule has 0 atom stereocenters. The molecule has 2 aromatic rings. The zero-order valence-electron chi connectivity index (χ0n) is 13.7. The van der Waals surface area contributed by atoms with E-state index in [1.54, 1.807) is 0 Å². The first-order valence-corrected chi connectivity index (χ1v) is 7.61. The minimum atomic E-state index is 0.191. The number of fused-ring (bicyclic) bond motifs is 1. The predicted octanol–water partition coefficient (Wildman–Crippen LogP) is 4.15. The third kappa shape index (κ3) is 3.06. The number of aromatic nitrogens is 1. The maximum atomic E-state index is 3.53. The fraction of sp³-hybridized carbons (Fsp3) is 0.556. The average molecular weight is 272 g/mol. The number of hydrogen-bond donors (Lipinski definition) is 1. The topological polar surface area (TPSA) is 17.0 Å². The number of nitrogens with one attached hydrogen (secondary N) is 1. The molecular formula is C18H28N2. The van der Waals surface area contributed by atoms with Gasteiger partial charge in [-0.25, -0.2) is 0 Å². The van der Waals surface area contributed by atoms with E-state index in [0.29, 0.717) is 6.04 Å². The highest BCUT2D eigenvalue weighted by atomic mass is 14.9.